The zero-order chi connectivity index (χ0) is 11.5. The zero-order valence-corrected chi connectivity index (χ0v) is 8.14. The van der Waals surface area contributed by atoms with Gasteiger partial charge in [0, 0.05) is 0 Å². The molecule has 0 spiro atoms. The molecule has 0 amide bonds. The molecule has 16 heavy (non-hydrogen) atoms. The van der Waals surface area contributed by atoms with E-state index < -0.39 is 12.6 Å². The fourth-order valence-corrected chi connectivity index (χ4v) is 1.33. The molecule has 0 saturated heterocycles. The molecular weight excluding hydrogens is 212 g/mol. The standard InChI is InChI=1S/C10H8N2O4/c13-8(14)5-16-10-7-4-2-1-3-6(7)9(15)11-12-10/h1-4H,5H2,(H,11,15)(H,13,14). The van der Waals surface area contributed by atoms with Crippen molar-refractivity contribution in [3.63, 3.8) is 0 Å². The van der Waals surface area contributed by atoms with Crippen LogP contribution < -0.4 is 10.3 Å². The molecule has 0 bridgehead atoms. The maximum absolute atomic E-state index is 11.4. The van der Waals surface area contributed by atoms with Crippen LogP contribution in [0, 0.1) is 0 Å². The SMILES string of the molecule is O=C(O)COc1n[nH]c(=O)c2ccccc12. The molecule has 0 fully saturated rings. The number of benzene rings is 1. The molecular formula is C10H8N2O4. The van der Waals surface area contributed by atoms with Gasteiger partial charge in [0.1, 0.15) is 0 Å². The summed E-state index contributed by atoms with van der Waals surface area (Å²) in [6.45, 7) is -0.497. The molecule has 0 aliphatic heterocycles. The summed E-state index contributed by atoms with van der Waals surface area (Å²) >= 11 is 0. The van der Waals surface area contributed by atoms with Gasteiger partial charge in [0.2, 0.25) is 5.88 Å². The number of aliphatic carboxylic acids is 1. The summed E-state index contributed by atoms with van der Waals surface area (Å²) in [6.07, 6.45) is 0. The number of carboxylic acid groups (broad SMARTS) is 1. The highest BCUT2D eigenvalue weighted by Crippen LogP contribution is 2.18. The number of aromatic amines is 1. The fraction of sp³-hybridized carbons (Fsp3) is 0.100. The van der Waals surface area contributed by atoms with E-state index in [-0.39, 0.29) is 11.4 Å². The Morgan fingerprint density at radius 1 is 1.38 bits per heavy atom. The number of aromatic nitrogens is 2. The van der Waals surface area contributed by atoms with Crippen molar-refractivity contribution in [3.8, 4) is 5.88 Å². The minimum absolute atomic E-state index is 0.109. The Morgan fingerprint density at radius 2 is 2.06 bits per heavy atom. The number of carbonyl (C=O) groups is 1. The second kappa shape index (κ2) is 4.01. The first kappa shape index (κ1) is 10.2. The second-order valence-corrected chi connectivity index (χ2v) is 3.09. The van der Waals surface area contributed by atoms with Crippen molar-refractivity contribution in [2.75, 3.05) is 6.61 Å². The van der Waals surface area contributed by atoms with Crippen LogP contribution in [0.2, 0.25) is 0 Å². The van der Waals surface area contributed by atoms with Crippen molar-refractivity contribution in [3.05, 3.63) is 34.6 Å². The Hall–Kier alpha value is -2.37. The molecule has 0 saturated carbocycles. The lowest BCUT2D eigenvalue weighted by Gasteiger charge is -2.04. The van der Waals surface area contributed by atoms with Gasteiger partial charge in [-0.05, 0) is 12.1 Å². The summed E-state index contributed by atoms with van der Waals surface area (Å²) in [7, 11) is 0. The van der Waals surface area contributed by atoms with Crippen molar-refractivity contribution in [1.29, 1.82) is 0 Å². The monoisotopic (exact) mass is 220 g/mol. The van der Waals surface area contributed by atoms with Gasteiger partial charge < -0.3 is 9.84 Å². The van der Waals surface area contributed by atoms with Gasteiger partial charge in [-0.25, -0.2) is 9.89 Å². The smallest absolute Gasteiger partial charge is 0.341 e. The molecule has 2 N–H and O–H groups in total. The summed E-state index contributed by atoms with van der Waals surface area (Å²) in [5.41, 5.74) is -0.335. The average molecular weight is 220 g/mol. The van der Waals surface area contributed by atoms with Crippen molar-refractivity contribution in [1.82, 2.24) is 10.2 Å². The minimum Gasteiger partial charge on any atom is -0.479 e. The van der Waals surface area contributed by atoms with Crippen molar-refractivity contribution in [2.45, 2.75) is 0 Å². The molecule has 0 aliphatic carbocycles. The van der Waals surface area contributed by atoms with E-state index in [1.54, 1.807) is 24.3 Å². The number of rotatable bonds is 3. The molecule has 0 aliphatic rings. The Bertz CT molecular complexity index is 591. The van der Waals surface area contributed by atoms with E-state index in [0.29, 0.717) is 10.8 Å². The molecule has 2 aromatic rings. The van der Waals surface area contributed by atoms with Crippen molar-refractivity contribution < 1.29 is 14.6 Å². The first-order chi connectivity index (χ1) is 7.68. The van der Waals surface area contributed by atoms with E-state index in [0.717, 1.165) is 0 Å². The fourth-order valence-electron chi connectivity index (χ4n) is 1.33. The second-order valence-electron chi connectivity index (χ2n) is 3.09. The van der Waals surface area contributed by atoms with Gasteiger partial charge in [0.05, 0.1) is 10.8 Å². The predicted octanol–water partition coefficient (Wildman–Crippen LogP) is 0.386. The largest absolute Gasteiger partial charge is 0.479 e. The molecule has 6 heteroatoms. The highest BCUT2D eigenvalue weighted by Gasteiger charge is 2.07. The summed E-state index contributed by atoms with van der Waals surface area (Å²) in [4.78, 5) is 21.7. The molecule has 0 atom stereocenters. The van der Waals surface area contributed by atoms with E-state index in [1.165, 1.54) is 0 Å². The third-order valence-corrected chi connectivity index (χ3v) is 1.99. The Kier molecular flexibility index (Phi) is 2.55. The number of hydrogen-bond acceptors (Lipinski definition) is 4. The number of nitrogens with zero attached hydrogens (tertiary/aromatic N) is 1. The van der Waals surface area contributed by atoms with Crippen LogP contribution in [-0.4, -0.2) is 27.9 Å². The molecule has 0 radical (unpaired) electrons. The van der Waals surface area contributed by atoms with Crippen LogP contribution in [0.1, 0.15) is 0 Å². The molecule has 1 aromatic heterocycles. The number of hydrogen-bond donors (Lipinski definition) is 2. The van der Waals surface area contributed by atoms with E-state index in [2.05, 4.69) is 10.2 Å². The number of nitrogens with one attached hydrogen (secondary N) is 1. The number of carboxylic acids is 1. The van der Waals surface area contributed by atoms with Gasteiger partial charge in [-0.1, -0.05) is 12.1 Å². The van der Waals surface area contributed by atoms with Crippen molar-refractivity contribution in [2.24, 2.45) is 0 Å². The number of ether oxygens (including phenoxy) is 1. The summed E-state index contributed by atoms with van der Waals surface area (Å²) in [6, 6.07) is 6.69. The molecule has 6 nitrogen and oxygen atoms in total. The van der Waals surface area contributed by atoms with Crippen LogP contribution in [0.4, 0.5) is 0 Å². The van der Waals surface area contributed by atoms with Crippen LogP contribution in [0.15, 0.2) is 29.1 Å². The van der Waals surface area contributed by atoms with Gasteiger partial charge in [0.15, 0.2) is 6.61 Å². The highest BCUT2D eigenvalue weighted by molar-refractivity contribution is 5.85. The summed E-state index contributed by atoms with van der Waals surface area (Å²) in [5.74, 6) is -0.991. The van der Waals surface area contributed by atoms with Crippen LogP contribution >= 0.6 is 0 Å². The van der Waals surface area contributed by atoms with E-state index in [4.69, 9.17) is 9.84 Å². The Labute approximate surface area is 89.5 Å². The van der Waals surface area contributed by atoms with Gasteiger partial charge >= 0.3 is 5.97 Å². The minimum atomic E-state index is -1.10. The first-order valence-electron chi connectivity index (χ1n) is 4.50. The van der Waals surface area contributed by atoms with Gasteiger partial charge in [-0.2, -0.15) is 0 Å². The normalized spacial score (nSPS) is 10.2. The lowest BCUT2D eigenvalue weighted by Crippen LogP contribution is -2.14. The maximum atomic E-state index is 11.4. The molecule has 0 unspecified atom stereocenters. The molecule has 2 rings (SSSR count). The third-order valence-electron chi connectivity index (χ3n) is 1.99. The molecule has 82 valence electrons. The predicted molar refractivity (Wildman–Crippen MR) is 55.5 cm³/mol. The van der Waals surface area contributed by atoms with Crippen LogP contribution in [0.25, 0.3) is 10.8 Å². The van der Waals surface area contributed by atoms with Crippen LogP contribution in [-0.2, 0) is 4.79 Å². The van der Waals surface area contributed by atoms with Crippen LogP contribution in [0.3, 0.4) is 0 Å². The Morgan fingerprint density at radius 3 is 2.75 bits per heavy atom. The quantitative estimate of drug-likeness (QED) is 0.780. The highest BCUT2D eigenvalue weighted by atomic mass is 16.5. The van der Waals surface area contributed by atoms with Gasteiger partial charge in [-0.15, -0.1) is 5.10 Å². The molecule has 1 heterocycles. The number of H-pyrrole nitrogens is 1. The third kappa shape index (κ3) is 1.85. The summed E-state index contributed by atoms with van der Waals surface area (Å²) in [5, 5.41) is 15.3. The summed E-state index contributed by atoms with van der Waals surface area (Å²) < 4.78 is 4.95. The van der Waals surface area contributed by atoms with E-state index in [1.807, 2.05) is 0 Å². The average Bonchev–Trinajstić information content (AvgIpc) is 2.28. The van der Waals surface area contributed by atoms with E-state index in [9.17, 15) is 9.59 Å². The maximum Gasteiger partial charge on any atom is 0.341 e. The first-order valence-corrected chi connectivity index (χ1v) is 4.50. The zero-order valence-electron chi connectivity index (χ0n) is 8.14. The van der Waals surface area contributed by atoms with Gasteiger partial charge in [-0.3, -0.25) is 4.79 Å². The Balaban J connectivity index is 2.50. The van der Waals surface area contributed by atoms with E-state index >= 15 is 0 Å². The number of fused-ring (bicyclic) bond motifs is 1. The van der Waals surface area contributed by atoms with Crippen LogP contribution in [0.5, 0.6) is 5.88 Å². The lowest BCUT2D eigenvalue weighted by molar-refractivity contribution is -0.139. The van der Waals surface area contributed by atoms with Crippen molar-refractivity contribution >= 4 is 16.7 Å². The topological polar surface area (TPSA) is 92.3 Å². The molecule has 1 aromatic carbocycles. The van der Waals surface area contributed by atoms with Gasteiger partial charge in [0.25, 0.3) is 5.56 Å². The lowest BCUT2D eigenvalue weighted by atomic mass is 10.2.